The lowest BCUT2D eigenvalue weighted by Gasteiger charge is -2.23. The fraction of sp³-hybridized carbons (Fsp3) is 0.471. The Morgan fingerprint density at radius 2 is 2.08 bits per heavy atom. The molecule has 0 amide bonds. The summed E-state index contributed by atoms with van der Waals surface area (Å²) in [6.07, 6.45) is 1.39. The van der Waals surface area contributed by atoms with Crippen LogP contribution in [0.15, 0.2) is 30.7 Å². The highest BCUT2D eigenvalue weighted by Crippen LogP contribution is 2.26. The minimum Gasteiger partial charge on any atom is -0.365 e. The second kappa shape index (κ2) is 8.07. The molecule has 1 fully saturated rings. The molecule has 0 aromatic carbocycles. The summed E-state index contributed by atoms with van der Waals surface area (Å²) in [5, 5.41) is 6.73. The molecule has 26 heavy (non-hydrogen) atoms. The third-order valence-electron chi connectivity index (χ3n) is 4.25. The van der Waals surface area contributed by atoms with E-state index < -0.39 is 12.0 Å². The smallest absolute Gasteiger partial charge is 0.365 e. The maximum atomic E-state index is 12.6. The Hall–Kier alpha value is -2.10. The SMILES string of the molecule is COC(NCc1ccnc(-c2cnc(C(F)(F)F)nc2)c1)C1CCCN1. The van der Waals surface area contributed by atoms with Crippen LogP contribution in [0.5, 0.6) is 0 Å². The van der Waals surface area contributed by atoms with Crippen molar-refractivity contribution in [2.45, 2.75) is 37.8 Å². The van der Waals surface area contributed by atoms with E-state index in [9.17, 15) is 13.2 Å². The number of methoxy groups -OCH3 is 1. The van der Waals surface area contributed by atoms with Gasteiger partial charge in [-0.1, -0.05) is 0 Å². The Bertz CT molecular complexity index is 717. The molecule has 3 rings (SSSR count). The summed E-state index contributed by atoms with van der Waals surface area (Å²) in [5.74, 6) is -1.16. The average molecular weight is 367 g/mol. The number of hydrogen-bond acceptors (Lipinski definition) is 6. The standard InChI is InChI=1S/C17H20F3N5O/c1-26-15(13-3-2-5-21-13)23-8-11-4-6-22-14(7-11)12-9-24-16(25-10-12)17(18,19)20/h4,6-7,9-10,13,15,21,23H,2-3,5,8H2,1H3. The summed E-state index contributed by atoms with van der Waals surface area (Å²) < 4.78 is 43.2. The van der Waals surface area contributed by atoms with Crippen molar-refractivity contribution in [3.8, 4) is 11.3 Å². The second-order valence-corrected chi connectivity index (χ2v) is 6.08. The van der Waals surface area contributed by atoms with Crippen molar-refractivity contribution in [2.24, 2.45) is 0 Å². The van der Waals surface area contributed by atoms with Gasteiger partial charge in [0.05, 0.1) is 5.69 Å². The van der Waals surface area contributed by atoms with Gasteiger partial charge in [-0.05, 0) is 37.1 Å². The average Bonchev–Trinajstić information content (AvgIpc) is 3.16. The van der Waals surface area contributed by atoms with Gasteiger partial charge in [-0.2, -0.15) is 13.2 Å². The first-order chi connectivity index (χ1) is 12.5. The molecular weight excluding hydrogens is 347 g/mol. The van der Waals surface area contributed by atoms with Crippen molar-refractivity contribution in [3.63, 3.8) is 0 Å². The summed E-state index contributed by atoms with van der Waals surface area (Å²) in [4.78, 5) is 10.9. The first-order valence-corrected chi connectivity index (χ1v) is 8.31. The van der Waals surface area contributed by atoms with Crippen LogP contribution in [0.2, 0.25) is 0 Å². The summed E-state index contributed by atoms with van der Waals surface area (Å²) in [6, 6.07) is 3.91. The van der Waals surface area contributed by atoms with Crippen LogP contribution >= 0.6 is 0 Å². The van der Waals surface area contributed by atoms with Crippen molar-refractivity contribution < 1.29 is 17.9 Å². The summed E-state index contributed by atoms with van der Waals surface area (Å²) in [6.45, 7) is 1.53. The van der Waals surface area contributed by atoms with Gasteiger partial charge in [0.2, 0.25) is 5.82 Å². The lowest BCUT2D eigenvalue weighted by Crippen LogP contribution is -2.45. The summed E-state index contributed by atoms with van der Waals surface area (Å²) in [7, 11) is 1.66. The fourth-order valence-electron chi connectivity index (χ4n) is 2.93. The van der Waals surface area contributed by atoms with Gasteiger partial charge in [-0.25, -0.2) is 9.97 Å². The van der Waals surface area contributed by atoms with Gasteiger partial charge in [0.1, 0.15) is 6.23 Å². The van der Waals surface area contributed by atoms with Crippen molar-refractivity contribution in [1.82, 2.24) is 25.6 Å². The van der Waals surface area contributed by atoms with E-state index in [0.29, 0.717) is 17.8 Å². The maximum Gasteiger partial charge on any atom is 0.451 e. The van der Waals surface area contributed by atoms with Crippen molar-refractivity contribution in [2.75, 3.05) is 13.7 Å². The molecule has 2 N–H and O–H groups in total. The van der Waals surface area contributed by atoms with E-state index in [1.54, 1.807) is 19.4 Å². The number of alkyl halides is 3. The maximum absolute atomic E-state index is 12.6. The molecule has 140 valence electrons. The number of halogens is 3. The first kappa shape index (κ1) is 18.7. The van der Waals surface area contributed by atoms with E-state index in [-0.39, 0.29) is 12.3 Å². The molecule has 0 spiro atoms. The van der Waals surface area contributed by atoms with Gasteiger partial charge in [0.15, 0.2) is 0 Å². The molecule has 2 atom stereocenters. The van der Waals surface area contributed by atoms with E-state index >= 15 is 0 Å². The highest BCUT2D eigenvalue weighted by Gasteiger charge is 2.34. The van der Waals surface area contributed by atoms with Crippen LogP contribution in [-0.2, 0) is 17.5 Å². The number of nitrogens with one attached hydrogen (secondary N) is 2. The summed E-state index contributed by atoms with van der Waals surface area (Å²) in [5.41, 5.74) is 1.89. The Morgan fingerprint density at radius 3 is 2.69 bits per heavy atom. The lowest BCUT2D eigenvalue weighted by atomic mass is 10.1. The molecule has 1 aliphatic rings. The van der Waals surface area contributed by atoms with E-state index in [0.717, 1.165) is 37.3 Å². The largest absolute Gasteiger partial charge is 0.451 e. The lowest BCUT2D eigenvalue weighted by molar-refractivity contribution is -0.144. The minimum absolute atomic E-state index is 0.108. The van der Waals surface area contributed by atoms with Crippen LogP contribution in [0.25, 0.3) is 11.3 Å². The molecule has 0 saturated carbocycles. The zero-order valence-corrected chi connectivity index (χ0v) is 14.3. The van der Waals surface area contributed by atoms with Gasteiger partial charge in [0, 0.05) is 43.9 Å². The zero-order valence-electron chi connectivity index (χ0n) is 14.3. The molecule has 0 aliphatic carbocycles. The van der Waals surface area contributed by atoms with Crippen molar-refractivity contribution >= 4 is 0 Å². The fourth-order valence-corrected chi connectivity index (χ4v) is 2.93. The van der Waals surface area contributed by atoms with Gasteiger partial charge in [0.25, 0.3) is 0 Å². The number of nitrogens with zero attached hydrogens (tertiary/aromatic N) is 3. The van der Waals surface area contributed by atoms with Gasteiger partial charge < -0.3 is 10.1 Å². The number of pyridine rings is 1. The van der Waals surface area contributed by atoms with Crippen LogP contribution in [0, 0.1) is 0 Å². The monoisotopic (exact) mass is 367 g/mol. The van der Waals surface area contributed by atoms with Crippen LogP contribution < -0.4 is 10.6 Å². The zero-order chi connectivity index (χ0) is 18.6. The Morgan fingerprint density at radius 1 is 1.31 bits per heavy atom. The third-order valence-corrected chi connectivity index (χ3v) is 4.25. The second-order valence-electron chi connectivity index (χ2n) is 6.08. The van der Waals surface area contributed by atoms with E-state index in [4.69, 9.17) is 4.74 Å². The highest BCUT2D eigenvalue weighted by molar-refractivity contribution is 5.57. The van der Waals surface area contributed by atoms with Crippen LogP contribution in [0.4, 0.5) is 13.2 Å². The highest BCUT2D eigenvalue weighted by atomic mass is 19.4. The van der Waals surface area contributed by atoms with Crippen molar-refractivity contribution in [3.05, 3.63) is 42.1 Å². The molecule has 9 heteroatoms. The molecule has 2 aromatic rings. The predicted octanol–water partition coefficient (Wildman–Crippen LogP) is 2.37. The number of rotatable bonds is 6. The molecule has 1 saturated heterocycles. The van der Waals surface area contributed by atoms with Crippen LogP contribution in [0.3, 0.4) is 0 Å². The molecule has 1 aliphatic heterocycles. The molecule has 3 heterocycles. The molecule has 6 nitrogen and oxygen atoms in total. The van der Waals surface area contributed by atoms with E-state index in [2.05, 4.69) is 25.6 Å². The van der Waals surface area contributed by atoms with Crippen LogP contribution in [-0.4, -0.2) is 40.9 Å². The Balaban J connectivity index is 1.68. The quantitative estimate of drug-likeness (QED) is 0.764. The van der Waals surface area contributed by atoms with Crippen LogP contribution in [0.1, 0.15) is 24.2 Å². The molecule has 0 radical (unpaired) electrons. The third kappa shape index (κ3) is 4.54. The summed E-state index contributed by atoms with van der Waals surface area (Å²) >= 11 is 0. The molecule has 0 bridgehead atoms. The number of hydrogen-bond donors (Lipinski definition) is 2. The molecule has 2 unspecified atom stereocenters. The van der Waals surface area contributed by atoms with E-state index in [1.165, 1.54) is 0 Å². The predicted molar refractivity (Wildman–Crippen MR) is 88.9 cm³/mol. The Labute approximate surface area is 149 Å². The van der Waals surface area contributed by atoms with Gasteiger partial charge in [-0.15, -0.1) is 0 Å². The van der Waals surface area contributed by atoms with Crippen molar-refractivity contribution in [1.29, 1.82) is 0 Å². The molecule has 2 aromatic heterocycles. The van der Waals surface area contributed by atoms with Gasteiger partial charge in [-0.3, -0.25) is 10.3 Å². The normalized spacial score (nSPS) is 18.8. The number of aromatic nitrogens is 3. The van der Waals surface area contributed by atoms with E-state index in [1.807, 2.05) is 6.07 Å². The Kier molecular flexibility index (Phi) is 5.80. The molecular formula is C17H20F3N5O. The first-order valence-electron chi connectivity index (χ1n) is 8.31. The minimum atomic E-state index is -4.55. The van der Waals surface area contributed by atoms with Gasteiger partial charge >= 0.3 is 6.18 Å². The topological polar surface area (TPSA) is 72.0 Å². The number of ether oxygens (including phenoxy) is 1.